The van der Waals surface area contributed by atoms with Gasteiger partial charge >= 0.3 is 0 Å². The summed E-state index contributed by atoms with van der Waals surface area (Å²) in [5.74, 6) is -0.451. The van der Waals surface area contributed by atoms with Gasteiger partial charge in [0.05, 0.1) is 23.0 Å². The first-order valence-electron chi connectivity index (χ1n) is 5.85. The second kappa shape index (κ2) is 5.49. The molecule has 0 spiro atoms. The van der Waals surface area contributed by atoms with Crippen molar-refractivity contribution in [1.29, 1.82) is 0 Å². The molecule has 0 bridgehead atoms. The van der Waals surface area contributed by atoms with Crippen LogP contribution in [0.5, 0.6) is 0 Å². The first kappa shape index (κ1) is 14.3. The maximum Gasteiger partial charge on any atom is 0.129 e. The molecular weight excluding hydrogens is 288 g/mol. The van der Waals surface area contributed by atoms with Gasteiger partial charge in [0.15, 0.2) is 0 Å². The van der Waals surface area contributed by atoms with Crippen LogP contribution in [0.2, 0.25) is 10.0 Å². The van der Waals surface area contributed by atoms with Crippen LogP contribution < -0.4 is 5.73 Å². The van der Waals surface area contributed by atoms with Crippen LogP contribution in [0.4, 0.5) is 4.39 Å². The summed E-state index contributed by atoms with van der Waals surface area (Å²) in [6, 6.07) is 3.81. The fourth-order valence-corrected chi connectivity index (χ4v) is 2.36. The van der Waals surface area contributed by atoms with Gasteiger partial charge in [-0.2, -0.15) is 5.10 Å². The molecule has 6 heteroatoms. The third-order valence-corrected chi connectivity index (χ3v) is 3.39. The Bertz CT molecular complexity index is 596. The number of nitrogens with two attached hydrogens (primary N) is 1. The van der Waals surface area contributed by atoms with Crippen LogP contribution in [-0.2, 0) is 0 Å². The number of nitrogens with zero attached hydrogens (tertiary/aromatic N) is 2. The lowest BCUT2D eigenvalue weighted by Gasteiger charge is -2.18. The van der Waals surface area contributed by atoms with E-state index in [1.54, 1.807) is 16.8 Å². The zero-order valence-corrected chi connectivity index (χ0v) is 12.1. The Hall–Kier alpha value is -1.10. The van der Waals surface area contributed by atoms with Crippen molar-refractivity contribution in [3.05, 3.63) is 51.5 Å². The van der Waals surface area contributed by atoms with E-state index >= 15 is 0 Å². The van der Waals surface area contributed by atoms with Crippen molar-refractivity contribution in [3.8, 4) is 0 Å². The van der Waals surface area contributed by atoms with E-state index in [-0.39, 0.29) is 6.04 Å². The van der Waals surface area contributed by atoms with Crippen molar-refractivity contribution in [1.82, 2.24) is 9.78 Å². The van der Waals surface area contributed by atoms with Gasteiger partial charge < -0.3 is 5.73 Å². The summed E-state index contributed by atoms with van der Waals surface area (Å²) in [5, 5.41) is 4.92. The largest absolute Gasteiger partial charge is 0.319 e. The molecule has 1 heterocycles. The maximum atomic E-state index is 13.9. The Morgan fingerprint density at radius 3 is 2.58 bits per heavy atom. The Labute approximate surface area is 121 Å². The van der Waals surface area contributed by atoms with E-state index < -0.39 is 11.9 Å². The van der Waals surface area contributed by atoms with Crippen molar-refractivity contribution < 1.29 is 4.39 Å². The summed E-state index contributed by atoms with van der Waals surface area (Å²) in [6.07, 6.45) is 1.52. The molecule has 0 aliphatic rings. The Balaban J connectivity index is 2.49. The zero-order chi connectivity index (χ0) is 14.2. The maximum absolute atomic E-state index is 13.9. The molecule has 0 fully saturated rings. The van der Waals surface area contributed by atoms with E-state index in [1.165, 1.54) is 12.3 Å². The van der Waals surface area contributed by atoms with Crippen molar-refractivity contribution >= 4 is 23.2 Å². The average molecular weight is 302 g/mol. The van der Waals surface area contributed by atoms with Gasteiger partial charge in [-0.25, -0.2) is 4.39 Å². The lowest BCUT2D eigenvalue weighted by molar-refractivity contribution is 0.494. The number of hydrogen-bond acceptors (Lipinski definition) is 2. The topological polar surface area (TPSA) is 43.8 Å². The molecule has 0 amide bonds. The Morgan fingerprint density at radius 2 is 2.00 bits per heavy atom. The molecule has 0 aliphatic carbocycles. The first-order chi connectivity index (χ1) is 8.91. The fraction of sp³-hybridized carbons (Fsp3) is 0.308. The Kier molecular flexibility index (Phi) is 4.13. The average Bonchev–Trinajstić information content (AvgIpc) is 2.70. The molecule has 1 atom stereocenters. The number of hydrogen-bond donors (Lipinski definition) is 1. The van der Waals surface area contributed by atoms with Crippen LogP contribution in [-0.4, -0.2) is 9.78 Å². The smallest absolute Gasteiger partial charge is 0.129 e. The summed E-state index contributed by atoms with van der Waals surface area (Å²) in [5.41, 5.74) is 7.06. The van der Waals surface area contributed by atoms with Crippen LogP contribution in [0.15, 0.2) is 24.4 Å². The second-order valence-corrected chi connectivity index (χ2v) is 5.40. The van der Waals surface area contributed by atoms with E-state index in [0.29, 0.717) is 21.3 Å². The zero-order valence-electron chi connectivity index (χ0n) is 10.6. The first-order valence-corrected chi connectivity index (χ1v) is 6.60. The number of rotatable bonds is 3. The summed E-state index contributed by atoms with van der Waals surface area (Å²) in [4.78, 5) is 0. The highest BCUT2D eigenvalue weighted by atomic mass is 35.5. The van der Waals surface area contributed by atoms with E-state index in [9.17, 15) is 4.39 Å². The van der Waals surface area contributed by atoms with E-state index in [4.69, 9.17) is 28.9 Å². The van der Waals surface area contributed by atoms with Crippen LogP contribution in [0.1, 0.15) is 37.2 Å². The van der Waals surface area contributed by atoms with Gasteiger partial charge in [0.2, 0.25) is 0 Å². The van der Waals surface area contributed by atoms with Gasteiger partial charge in [-0.15, -0.1) is 0 Å². The molecule has 19 heavy (non-hydrogen) atoms. The lowest BCUT2D eigenvalue weighted by Crippen LogP contribution is -2.20. The van der Waals surface area contributed by atoms with Crippen molar-refractivity contribution in [3.63, 3.8) is 0 Å². The molecule has 0 radical (unpaired) electrons. The summed E-state index contributed by atoms with van der Waals surface area (Å²) in [7, 11) is 0. The van der Waals surface area contributed by atoms with Gasteiger partial charge in [-0.3, -0.25) is 4.68 Å². The normalized spacial score (nSPS) is 13.0. The second-order valence-electron chi connectivity index (χ2n) is 4.56. The summed E-state index contributed by atoms with van der Waals surface area (Å²) in [6.45, 7) is 3.91. The summed E-state index contributed by atoms with van der Waals surface area (Å²) >= 11 is 11.8. The molecule has 1 unspecified atom stereocenters. The molecule has 1 aromatic carbocycles. The minimum Gasteiger partial charge on any atom is -0.319 e. The summed E-state index contributed by atoms with van der Waals surface area (Å²) < 4.78 is 15.6. The third-order valence-electron chi connectivity index (χ3n) is 2.87. The minimum absolute atomic E-state index is 0.0870. The van der Waals surface area contributed by atoms with Gasteiger partial charge in [0.1, 0.15) is 5.82 Å². The third kappa shape index (κ3) is 2.76. The van der Waals surface area contributed by atoms with Gasteiger partial charge in [-0.05, 0) is 26.0 Å². The van der Waals surface area contributed by atoms with Crippen LogP contribution >= 0.6 is 23.2 Å². The van der Waals surface area contributed by atoms with Crippen LogP contribution in [0, 0.1) is 5.82 Å². The van der Waals surface area contributed by atoms with Crippen LogP contribution in [0.25, 0.3) is 0 Å². The monoisotopic (exact) mass is 301 g/mol. The van der Waals surface area contributed by atoms with Gasteiger partial charge in [0, 0.05) is 16.6 Å². The SMILES string of the molecule is CC(C)n1ncc(Cl)c1C(N)c1ccc(Cl)cc1F. The van der Waals surface area contributed by atoms with E-state index in [0.717, 1.165) is 0 Å². The molecule has 2 N–H and O–H groups in total. The van der Waals surface area contributed by atoms with Crippen molar-refractivity contribution in [2.45, 2.75) is 25.9 Å². The van der Waals surface area contributed by atoms with Gasteiger partial charge in [-0.1, -0.05) is 29.3 Å². The van der Waals surface area contributed by atoms with Gasteiger partial charge in [0.25, 0.3) is 0 Å². The minimum atomic E-state index is -0.685. The molecule has 0 saturated carbocycles. The van der Waals surface area contributed by atoms with E-state index in [1.807, 2.05) is 13.8 Å². The molecule has 0 saturated heterocycles. The molecular formula is C13H14Cl2FN3. The van der Waals surface area contributed by atoms with Crippen molar-refractivity contribution in [2.24, 2.45) is 5.73 Å². The quantitative estimate of drug-likeness (QED) is 0.932. The lowest BCUT2D eigenvalue weighted by atomic mass is 10.0. The predicted octanol–water partition coefficient (Wildman–Crippen LogP) is 3.96. The molecule has 102 valence electrons. The molecule has 0 aliphatic heterocycles. The molecule has 2 aromatic rings. The number of aromatic nitrogens is 2. The molecule has 3 nitrogen and oxygen atoms in total. The Morgan fingerprint density at radius 1 is 1.32 bits per heavy atom. The molecule has 1 aromatic heterocycles. The highest BCUT2D eigenvalue weighted by Gasteiger charge is 2.22. The highest BCUT2D eigenvalue weighted by Crippen LogP contribution is 2.30. The van der Waals surface area contributed by atoms with Crippen molar-refractivity contribution in [2.75, 3.05) is 0 Å². The predicted molar refractivity (Wildman–Crippen MR) is 75.1 cm³/mol. The standard InChI is InChI=1S/C13H14Cl2FN3/c1-7(2)19-13(10(15)6-18-19)12(17)9-4-3-8(14)5-11(9)16/h3-7,12H,17H2,1-2H3. The van der Waals surface area contributed by atoms with E-state index in [2.05, 4.69) is 5.10 Å². The number of benzene rings is 1. The molecule has 2 rings (SSSR count). The number of halogens is 3. The van der Waals surface area contributed by atoms with Crippen LogP contribution in [0.3, 0.4) is 0 Å². The fourth-order valence-electron chi connectivity index (χ4n) is 1.95. The highest BCUT2D eigenvalue weighted by molar-refractivity contribution is 6.31.